The molecule has 1 N–H and O–H groups in total. The second-order valence-electron chi connectivity index (χ2n) is 5.33. The highest BCUT2D eigenvalue weighted by molar-refractivity contribution is 7.91. The van der Waals surface area contributed by atoms with E-state index in [-0.39, 0.29) is 23.8 Å². The van der Waals surface area contributed by atoms with Crippen molar-refractivity contribution < 1.29 is 13.2 Å². The van der Waals surface area contributed by atoms with E-state index in [4.69, 9.17) is 5.26 Å². The van der Waals surface area contributed by atoms with E-state index in [1.807, 2.05) is 19.9 Å². The van der Waals surface area contributed by atoms with Gasteiger partial charge in [-0.1, -0.05) is 19.9 Å². The molecule has 6 heteroatoms. The molecule has 0 fully saturated rings. The highest BCUT2D eigenvalue weighted by Gasteiger charge is 2.14. The van der Waals surface area contributed by atoms with Crippen molar-refractivity contribution >= 4 is 21.4 Å². The molecule has 0 saturated carbocycles. The van der Waals surface area contributed by atoms with Gasteiger partial charge in [0.25, 0.3) is 0 Å². The number of rotatable bonds is 7. The summed E-state index contributed by atoms with van der Waals surface area (Å²) in [7, 11) is -3.19. The standard InChI is InChI=1S/C15H20N2O3S/c1-12(2)6-8-21(19,20)9-7-15(18)17-14-5-3-4-13(10-14)11-16/h3-5,10,12H,6-9H2,1-2H3,(H,17,18). The molecule has 21 heavy (non-hydrogen) atoms. The van der Waals surface area contributed by atoms with Crippen molar-refractivity contribution in [1.82, 2.24) is 0 Å². The molecule has 0 saturated heterocycles. The molecule has 0 spiro atoms. The van der Waals surface area contributed by atoms with Crippen molar-refractivity contribution in [1.29, 1.82) is 5.26 Å². The summed E-state index contributed by atoms with van der Waals surface area (Å²) in [5, 5.41) is 11.4. The molecule has 0 radical (unpaired) electrons. The Morgan fingerprint density at radius 1 is 1.33 bits per heavy atom. The van der Waals surface area contributed by atoms with Crippen molar-refractivity contribution in [2.24, 2.45) is 5.92 Å². The smallest absolute Gasteiger partial charge is 0.225 e. The molecule has 0 atom stereocenters. The van der Waals surface area contributed by atoms with Crippen LogP contribution < -0.4 is 5.32 Å². The van der Waals surface area contributed by atoms with Gasteiger partial charge in [0.05, 0.1) is 23.1 Å². The first kappa shape index (κ1) is 17.2. The molecule has 5 nitrogen and oxygen atoms in total. The minimum Gasteiger partial charge on any atom is -0.326 e. The maximum absolute atomic E-state index is 11.8. The number of carbonyl (C=O) groups excluding carboxylic acids is 1. The van der Waals surface area contributed by atoms with Gasteiger partial charge in [-0.3, -0.25) is 4.79 Å². The first-order valence-electron chi connectivity index (χ1n) is 6.83. The van der Waals surface area contributed by atoms with Gasteiger partial charge in [-0.2, -0.15) is 5.26 Å². The predicted octanol–water partition coefficient (Wildman–Crippen LogP) is 2.35. The average molecular weight is 308 g/mol. The van der Waals surface area contributed by atoms with Crippen LogP contribution in [0.5, 0.6) is 0 Å². The number of amides is 1. The van der Waals surface area contributed by atoms with E-state index in [1.165, 1.54) is 0 Å². The van der Waals surface area contributed by atoms with Crippen LogP contribution in [0.15, 0.2) is 24.3 Å². The highest BCUT2D eigenvalue weighted by Crippen LogP contribution is 2.11. The summed E-state index contributed by atoms with van der Waals surface area (Å²) >= 11 is 0. The van der Waals surface area contributed by atoms with Crippen LogP contribution >= 0.6 is 0 Å². The molecular formula is C15H20N2O3S. The molecule has 0 aliphatic carbocycles. The lowest BCUT2D eigenvalue weighted by Gasteiger charge is -2.07. The van der Waals surface area contributed by atoms with Gasteiger partial charge < -0.3 is 5.32 Å². The Morgan fingerprint density at radius 3 is 2.67 bits per heavy atom. The second kappa shape index (κ2) is 7.79. The average Bonchev–Trinajstić information content (AvgIpc) is 2.43. The van der Waals surface area contributed by atoms with E-state index in [0.717, 1.165) is 0 Å². The third-order valence-electron chi connectivity index (χ3n) is 2.92. The molecule has 1 amide bonds. The highest BCUT2D eigenvalue weighted by atomic mass is 32.2. The summed E-state index contributed by atoms with van der Waals surface area (Å²) in [6.45, 7) is 3.93. The molecule has 114 valence electrons. The quantitative estimate of drug-likeness (QED) is 0.837. The van der Waals surface area contributed by atoms with Gasteiger partial charge in [-0.15, -0.1) is 0 Å². The zero-order valence-electron chi connectivity index (χ0n) is 12.3. The SMILES string of the molecule is CC(C)CCS(=O)(=O)CCC(=O)Nc1cccc(C#N)c1. The van der Waals surface area contributed by atoms with Crippen molar-refractivity contribution in [3.05, 3.63) is 29.8 Å². The maximum Gasteiger partial charge on any atom is 0.225 e. The number of nitriles is 1. The van der Waals surface area contributed by atoms with Crippen LogP contribution in [-0.4, -0.2) is 25.8 Å². The summed E-state index contributed by atoms with van der Waals surface area (Å²) in [5.74, 6) is -0.0775. The monoisotopic (exact) mass is 308 g/mol. The minimum atomic E-state index is -3.19. The predicted molar refractivity (Wildman–Crippen MR) is 82.5 cm³/mol. The Morgan fingerprint density at radius 2 is 2.05 bits per heavy atom. The van der Waals surface area contributed by atoms with Gasteiger partial charge in [0.1, 0.15) is 0 Å². The second-order valence-corrected chi connectivity index (χ2v) is 7.63. The van der Waals surface area contributed by atoms with Crippen LogP contribution in [-0.2, 0) is 14.6 Å². The van der Waals surface area contributed by atoms with Crippen molar-refractivity contribution in [3.63, 3.8) is 0 Å². The first-order valence-corrected chi connectivity index (χ1v) is 8.65. The van der Waals surface area contributed by atoms with Crippen molar-refractivity contribution in [2.45, 2.75) is 26.7 Å². The Labute approximate surface area is 125 Å². The molecule has 1 rings (SSSR count). The van der Waals surface area contributed by atoms with E-state index in [2.05, 4.69) is 5.32 Å². The summed E-state index contributed by atoms with van der Waals surface area (Å²) in [6.07, 6.45) is 0.533. The topological polar surface area (TPSA) is 87.0 Å². The van der Waals surface area contributed by atoms with E-state index in [1.54, 1.807) is 24.3 Å². The summed E-state index contributed by atoms with van der Waals surface area (Å²) < 4.78 is 23.5. The zero-order chi connectivity index (χ0) is 15.9. The van der Waals surface area contributed by atoms with Crippen molar-refractivity contribution in [2.75, 3.05) is 16.8 Å². The van der Waals surface area contributed by atoms with Crippen LogP contribution in [0.2, 0.25) is 0 Å². The van der Waals surface area contributed by atoms with Gasteiger partial charge >= 0.3 is 0 Å². The number of benzene rings is 1. The van der Waals surface area contributed by atoms with E-state index < -0.39 is 9.84 Å². The zero-order valence-corrected chi connectivity index (χ0v) is 13.1. The summed E-state index contributed by atoms with van der Waals surface area (Å²) in [6, 6.07) is 8.47. The van der Waals surface area contributed by atoms with Gasteiger partial charge in [-0.05, 0) is 30.5 Å². The van der Waals surface area contributed by atoms with Gasteiger partial charge in [-0.25, -0.2) is 8.42 Å². The van der Waals surface area contributed by atoms with Crippen LogP contribution in [0.3, 0.4) is 0 Å². The van der Waals surface area contributed by atoms with Crippen LogP contribution in [0.25, 0.3) is 0 Å². The van der Waals surface area contributed by atoms with Gasteiger partial charge in [0.2, 0.25) is 5.91 Å². The summed E-state index contributed by atoms with van der Waals surface area (Å²) in [4.78, 5) is 11.7. The lowest BCUT2D eigenvalue weighted by Crippen LogP contribution is -2.19. The number of hydrogen-bond acceptors (Lipinski definition) is 4. The fourth-order valence-corrected chi connectivity index (χ4v) is 3.19. The number of sulfone groups is 1. The van der Waals surface area contributed by atoms with Crippen LogP contribution in [0, 0.1) is 17.2 Å². The molecule has 1 aromatic carbocycles. The molecule has 0 bridgehead atoms. The van der Waals surface area contributed by atoms with Crippen LogP contribution in [0.1, 0.15) is 32.3 Å². The molecule has 0 aromatic heterocycles. The third-order valence-corrected chi connectivity index (χ3v) is 4.61. The van der Waals surface area contributed by atoms with Crippen molar-refractivity contribution in [3.8, 4) is 6.07 Å². The van der Waals surface area contributed by atoms with Gasteiger partial charge in [0, 0.05) is 12.1 Å². The molecule has 0 aliphatic rings. The summed E-state index contributed by atoms with van der Waals surface area (Å²) in [5.41, 5.74) is 0.941. The first-order chi connectivity index (χ1) is 9.82. The van der Waals surface area contributed by atoms with E-state index in [0.29, 0.717) is 23.6 Å². The largest absolute Gasteiger partial charge is 0.326 e. The van der Waals surface area contributed by atoms with E-state index in [9.17, 15) is 13.2 Å². The Hall–Kier alpha value is -1.87. The number of nitrogens with zero attached hydrogens (tertiary/aromatic N) is 1. The third kappa shape index (κ3) is 6.91. The number of anilines is 1. The lowest BCUT2D eigenvalue weighted by molar-refractivity contribution is -0.115. The lowest BCUT2D eigenvalue weighted by atomic mass is 10.2. The molecular weight excluding hydrogens is 288 g/mol. The fraction of sp³-hybridized carbons (Fsp3) is 0.467. The number of carbonyl (C=O) groups is 1. The molecule has 0 heterocycles. The normalized spacial score (nSPS) is 11.1. The minimum absolute atomic E-state index is 0.0722. The number of nitrogens with one attached hydrogen (secondary N) is 1. The fourth-order valence-electron chi connectivity index (χ4n) is 1.66. The molecule has 0 aliphatic heterocycles. The maximum atomic E-state index is 11.8. The van der Waals surface area contributed by atoms with E-state index >= 15 is 0 Å². The Balaban J connectivity index is 2.49. The molecule has 0 unspecified atom stereocenters. The van der Waals surface area contributed by atoms with Crippen LogP contribution in [0.4, 0.5) is 5.69 Å². The Kier molecular flexibility index (Phi) is 6.38. The molecule has 1 aromatic rings. The Bertz CT molecular complexity index is 631. The van der Waals surface area contributed by atoms with Gasteiger partial charge in [0.15, 0.2) is 9.84 Å². The number of hydrogen-bond donors (Lipinski definition) is 1.